The average molecular weight is 355 g/mol. The summed E-state index contributed by atoms with van der Waals surface area (Å²) in [7, 11) is 0. The van der Waals surface area contributed by atoms with Crippen molar-refractivity contribution in [3.8, 4) is 0 Å². The predicted octanol–water partition coefficient (Wildman–Crippen LogP) is 4.29. The van der Waals surface area contributed by atoms with Crippen molar-refractivity contribution < 1.29 is 18.3 Å². The molecule has 0 aliphatic rings. The Balaban J connectivity index is 2.12. The van der Waals surface area contributed by atoms with Gasteiger partial charge in [-0.25, -0.2) is 8.78 Å². The highest BCUT2D eigenvalue weighted by atomic mass is 79.9. The molecule has 1 unspecified atom stereocenters. The Labute approximate surface area is 129 Å². The van der Waals surface area contributed by atoms with Crippen LogP contribution in [0.3, 0.4) is 0 Å². The van der Waals surface area contributed by atoms with E-state index in [1.807, 2.05) is 0 Å². The van der Waals surface area contributed by atoms with E-state index in [2.05, 4.69) is 15.9 Å². The lowest BCUT2D eigenvalue weighted by atomic mass is 10.1. The number of rotatable bonds is 6. The molecule has 0 bridgehead atoms. The molecule has 0 radical (unpaired) electrons. The van der Waals surface area contributed by atoms with Gasteiger partial charge in [-0.15, -0.1) is 0 Å². The SMILES string of the molecule is O=C(c1ccccc1)C(Br)(CF)OCc1cccc(F)c1. The Kier molecular flexibility index (Phi) is 5.20. The van der Waals surface area contributed by atoms with Gasteiger partial charge in [0.25, 0.3) is 0 Å². The monoisotopic (exact) mass is 354 g/mol. The molecular weight excluding hydrogens is 342 g/mol. The standard InChI is InChI=1S/C16H13BrF2O2/c17-16(11-18,15(20)13-6-2-1-3-7-13)21-10-12-5-4-8-14(19)9-12/h1-9H,10-11H2. The van der Waals surface area contributed by atoms with Crippen molar-refractivity contribution in [2.24, 2.45) is 0 Å². The summed E-state index contributed by atoms with van der Waals surface area (Å²) in [6, 6.07) is 14.0. The molecule has 0 saturated heterocycles. The van der Waals surface area contributed by atoms with Crippen LogP contribution in [0.1, 0.15) is 15.9 Å². The van der Waals surface area contributed by atoms with Crippen LogP contribution >= 0.6 is 15.9 Å². The fraction of sp³-hybridized carbons (Fsp3) is 0.188. The molecule has 0 heterocycles. The highest BCUT2D eigenvalue weighted by Gasteiger charge is 2.37. The van der Waals surface area contributed by atoms with E-state index < -0.39 is 22.8 Å². The Morgan fingerprint density at radius 2 is 1.86 bits per heavy atom. The number of carbonyl (C=O) groups is 1. The molecule has 5 heteroatoms. The van der Waals surface area contributed by atoms with E-state index in [9.17, 15) is 13.6 Å². The van der Waals surface area contributed by atoms with Gasteiger partial charge in [0.15, 0.2) is 0 Å². The van der Waals surface area contributed by atoms with Gasteiger partial charge in [0.1, 0.15) is 12.5 Å². The first-order valence-corrected chi connectivity index (χ1v) is 7.07. The van der Waals surface area contributed by atoms with Crippen molar-refractivity contribution in [1.29, 1.82) is 0 Å². The fourth-order valence-electron chi connectivity index (χ4n) is 1.79. The first-order valence-electron chi connectivity index (χ1n) is 6.28. The fourth-order valence-corrected chi connectivity index (χ4v) is 2.14. The lowest BCUT2D eigenvalue weighted by molar-refractivity contribution is 0.00929. The zero-order valence-corrected chi connectivity index (χ0v) is 12.6. The number of hydrogen-bond acceptors (Lipinski definition) is 2. The second-order valence-corrected chi connectivity index (χ2v) is 5.76. The molecular formula is C16H13BrF2O2. The molecule has 21 heavy (non-hydrogen) atoms. The van der Waals surface area contributed by atoms with Crippen LogP contribution in [0.4, 0.5) is 8.78 Å². The topological polar surface area (TPSA) is 26.3 Å². The zero-order valence-electron chi connectivity index (χ0n) is 11.1. The van der Waals surface area contributed by atoms with Gasteiger partial charge in [0, 0.05) is 5.56 Å². The number of hydrogen-bond donors (Lipinski definition) is 0. The molecule has 2 rings (SSSR count). The van der Waals surface area contributed by atoms with Crippen molar-refractivity contribution in [3.05, 3.63) is 71.5 Å². The van der Waals surface area contributed by atoms with Gasteiger partial charge >= 0.3 is 0 Å². The summed E-state index contributed by atoms with van der Waals surface area (Å²) >= 11 is 3.02. The summed E-state index contributed by atoms with van der Waals surface area (Å²) in [5.41, 5.74) is 0.861. The normalized spacial score (nSPS) is 13.7. The molecule has 110 valence electrons. The summed E-state index contributed by atoms with van der Waals surface area (Å²) in [6.45, 7) is -1.11. The number of carbonyl (C=O) groups excluding carboxylic acids is 1. The maximum atomic E-state index is 13.3. The summed E-state index contributed by atoms with van der Waals surface area (Å²) < 4.78 is 30.0. The van der Waals surface area contributed by atoms with Crippen LogP contribution in [0.15, 0.2) is 54.6 Å². The number of halogens is 3. The van der Waals surface area contributed by atoms with Crippen LogP contribution in [-0.4, -0.2) is 17.0 Å². The number of ether oxygens (including phenoxy) is 1. The van der Waals surface area contributed by atoms with Gasteiger partial charge in [0.05, 0.1) is 6.61 Å². The summed E-state index contributed by atoms with van der Waals surface area (Å²) in [5, 5.41) is 0. The van der Waals surface area contributed by atoms with Gasteiger partial charge in [-0.05, 0) is 33.6 Å². The van der Waals surface area contributed by atoms with Gasteiger partial charge in [-0.3, -0.25) is 4.79 Å². The van der Waals surface area contributed by atoms with Gasteiger partial charge in [-0.1, -0.05) is 42.5 Å². The van der Waals surface area contributed by atoms with Crippen molar-refractivity contribution in [2.45, 2.75) is 11.1 Å². The Bertz CT molecular complexity index is 619. The molecule has 2 nitrogen and oxygen atoms in total. The first kappa shape index (κ1) is 15.8. The molecule has 0 amide bonds. The van der Waals surface area contributed by atoms with Crippen LogP contribution < -0.4 is 0 Å². The Morgan fingerprint density at radius 3 is 2.48 bits per heavy atom. The quantitative estimate of drug-likeness (QED) is 0.571. The summed E-state index contributed by atoms with van der Waals surface area (Å²) in [4.78, 5) is 12.3. The largest absolute Gasteiger partial charge is 0.349 e. The molecule has 2 aromatic carbocycles. The van der Waals surface area contributed by atoms with Crippen molar-refractivity contribution in [1.82, 2.24) is 0 Å². The lowest BCUT2D eigenvalue weighted by Gasteiger charge is -2.23. The smallest absolute Gasteiger partial charge is 0.214 e. The number of alkyl halides is 2. The molecule has 2 aromatic rings. The third kappa shape index (κ3) is 3.95. The number of Topliss-reactive ketones (excluding diaryl/α,β-unsaturated/α-hetero) is 1. The number of ketones is 1. The highest BCUT2D eigenvalue weighted by Crippen LogP contribution is 2.27. The van der Waals surface area contributed by atoms with E-state index in [1.54, 1.807) is 36.4 Å². The van der Waals surface area contributed by atoms with Crippen molar-refractivity contribution in [3.63, 3.8) is 0 Å². The van der Waals surface area contributed by atoms with E-state index >= 15 is 0 Å². The molecule has 1 atom stereocenters. The minimum absolute atomic E-state index is 0.0779. The molecule has 0 N–H and O–H groups in total. The van der Waals surface area contributed by atoms with E-state index in [1.165, 1.54) is 18.2 Å². The highest BCUT2D eigenvalue weighted by molar-refractivity contribution is 9.10. The van der Waals surface area contributed by atoms with Crippen LogP contribution in [0.25, 0.3) is 0 Å². The molecule has 0 fully saturated rings. The van der Waals surface area contributed by atoms with E-state index in [0.29, 0.717) is 11.1 Å². The minimum Gasteiger partial charge on any atom is -0.349 e. The first-order chi connectivity index (χ1) is 10.0. The third-order valence-electron chi connectivity index (χ3n) is 2.90. The predicted molar refractivity (Wildman–Crippen MR) is 79.6 cm³/mol. The van der Waals surface area contributed by atoms with Gasteiger partial charge in [-0.2, -0.15) is 0 Å². The molecule has 0 spiro atoms. The number of benzene rings is 2. The third-order valence-corrected chi connectivity index (χ3v) is 3.70. The minimum atomic E-state index is -1.76. The van der Waals surface area contributed by atoms with Crippen LogP contribution in [-0.2, 0) is 11.3 Å². The van der Waals surface area contributed by atoms with Crippen LogP contribution in [0, 0.1) is 5.82 Å². The zero-order chi connectivity index (χ0) is 15.3. The van der Waals surface area contributed by atoms with Crippen LogP contribution in [0.2, 0.25) is 0 Å². The molecule has 0 aliphatic heterocycles. The van der Waals surface area contributed by atoms with E-state index in [0.717, 1.165) is 0 Å². The van der Waals surface area contributed by atoms with Crippen molar-refractivity contribution >= 4 is 21.7 Å². The molecule has 0 aromatic heterocycles. The Hall–Kier alpha value is -1.59. The van der Waals surface area contributed by atoms with Gasteiger partial charge in [0.2, 0.25) is 10.3 Å². The Morgan fingerprint density at radius 1 is 1.14 bits per heavy atom. The molecule has 0 aliphatic carbocycles. The lowest BCUT2D eigenvalue weighted by Crippen LogP contribution is -2.37. The van der Waals surface area contributed by atoms with Crippen molar-refractivity contribution in [2.75, 3.05) is 6.67 Å². The van der Waals surface area contributed by atoms with Crippen LogP contribution in [0.5, 0.6) is 0 Å². The molecule has 0 saturated carbocycles. The maximum Gasteiger partial charge on any atom is 0.214 e. The second-order valence-electron chi connectivity index (χ2n) is 4.48. The maximum absolute atomic E-state index is 13.3. The summed E-state index contributed by atoms with van der Waals surface area (Å²) in [6.07, 6.45) is 0. The van der Waals surface area contributed by atoms with E-state index in [-0.39, 0.29) is 6.61 Å². The second kappa shape index (κ2) is 6.91. The average Bonchev–Trinajstić information content (AvgIpc) is 2.53. The summed E-state index contributed by atoms with van der Waals surface area (Å²) in [5.74, 6) is -0.923. The van der Waals surface area contributed by atoms with Gasteiger partial charge < -0.3 is 4.74 Å². The van der Waals surface area contributed by atoms with E-state index in [4.69, 9.17) is 4.74 Å².